The first-order chi connectivity index (χ1) is 13.6. The smallest absolute Gasteiger partial charge is 0.260 e. The Labute approximate surface area is 183 Å². The van der Waals surface area contributed by atoms with Crippen LogP contribution in [-0.4, -0.2) is 54.5 Å². The molecule has 1 unspecified atom stereocenters. The fraction of sp³-hybridized carbons (Fsp3) is 0.708. The molecule has 2 heterocycles. The van der Waals surface area contributed by atoms with Crippen LogP contribution < -0.4 is 4.74 Å². The van der Waals surface area contributed by atoms with Gasteiger partial charge in [-0.25, -0.2) is 0 Å². The summed E-state index contributed by atoms with van der Waals surface area (Å²) < 4.78 is 5.81. The van der Waals surface area contributed by atoms with E-state index >= 15 is 0 Å². The number of piperidine rings is 1. The Bertz CT molecular complexity index is 597. The summed E-state index contributed by atoms with van der Waals surface area (Å²) in [5, 5.41) is 0. The molecule has 164 valence electrons. The minimum atomic E-state index is 0. The highest BCUT2D eigenvalue weighted by molar-refractivity contribution is 5.85. The molecule has 2 saturated heterocycles. The molecule has 0 N–H and O–H groups in total. The predicted octanol–water partition coefficient (Wildman–Crippen LogP) is 5.26. The minimum absolute atomic E-state index is 0. The maximum absolute atomic E-state index is 12.9. The predicted molar refractivity (Wildman–Crippen MR) is 122 cm³/mol. The number of amides is 1. The van der Waals surface area contributed by atoms with Gasteiger partial charge < -0.3 is 14.5 Å². The zero-order valence-corrected chi connectivity index (χ0v) is 19.1. The summed E-state index contributed by atoms with van der Waals surface area (Å²) in [7, 11) is 0. The molecule has 0 aromatic heterocycles. The lowest BCUT2D eigenvalue weighted by Gasteiger charge is -2.37. The number of carbonyl (C=O) groups excluding carboxylic acids is 1. The number of halogens is 1. The number of ether oxygens (including phenoxy) is 1. The van der Waals surface area contributed by atoms with Gasteiger partial charge in [-0.3, -0.25) is 4.79 Å². The largest absolute Gasteiger partial charge is 0.484 e. The van der Waals surface area contributed by atoms with Crippen molar-refractivity contribution in [1.29, 1.82) is 0 Å². The van der Waals surface area contributed by atoms with E-state index in [1.165, 1.54) is 50.8 Å². The molecule has 0 bridgehead atoms. The van der Waals surface area contributed by atoms with E-state index in [0.29, 0.717) is 12.0 Å². The molecular weight excluding hydrogens is 384 g/mol. The van der Waals surface area contributed by atoms with Gasteiger partial charge in [-0.2, -0.15) is 0 Å². The highest BCUT2D eigenvalue weighted by Crippen LogP contribution is 2.22. The molecule has 0 saturated carbocycles. The first-order valence-electron chi connectivity index (χ1n) is 11.4. The van der Waals surface area contributed by atoms with Crippen LogP contribution in [0.2, 0.25) is 0 Å². The van der Waals surface area contributed by atoms with Crippen molar-refractivity contribution in [3.05, 3.63) is 29.8 Å². The van der Waals surface area contributed by atoms with E-state index in [0.717, 1.165) is 38.1 Å². The van der Waals surface area contributed by atoms with Crippen LogP contribution in [-0.2, 0) is 4.79 Å². The Morgan fingerprint density at radius 3 is 2.31 bits per heavy atom. The summed E-state index contributed by atoms with van der Waals surface area (Å²) in [5.74, 6) is 1.44. The zero-order valence-electron chi connectivity index (χ0n) is 18.3. The summed E-state index contributed by atoms with van der Waals surface area (Å²) in [4.78, 5) is 17.6. The molecule has 1 aromatic carbocycles. The molecule has 0 spiro atoms. The van der Waals surface area contributed by atoms with Gasteiger partial charge in [-0.05, 0) is 75.2 Å². The maximum atomic E-state index is 12.9. The lowest BCUT2D eigenvalue weighted by molar-refractivity contribution is -0.137. The summed E-state index contributed by atoms with van der Waals surface area (Å²) >= 11 is 0. The summed E-state index contributed by atoms with van der Waals surface area (Å²) in [6.45, 7) is 9.00. The van der Waals surface area contributed by atoms with Gasteiger partial charge >= 0.3 is 0 Å². The third-order valence-electron chi connectivity index (χ3n) is 6.33. The zero-order chi connectivity index (χ0) is 19.8. The fourth-order valence-electron chi connectivity index (χ4n) is 4.50. The first kappa shape index (κ1) is 24.0. The van der Waals surface area contributed by atoms with Crippen LogP contribution in [0.25, 0.3) is 0 Å². The molecule has 1 amide bonds. The molecule has 3 rings (SSSR count). The first-order valence-corrected chi connectivity index (χ1v) is 11.4. The van der Waals surface area contributed by atoms with Gasteiger partial charge in [0.15, 0.2) is 6.61 Å². The Balaban J connectivity index is 0.00000300. The molecule has 4 nitrogen and oxygen atoms in total. The van der Waals surface area contributed by atoms with Gasteiger partial charge in [0.1, 0.15) is 5.75 Å². The van der Waals surface area contributed by atoms with Gasteiger partial charge in [0.25, 0.3) is 5.91 Å². The summed E-state index contributed by atoms with van der Waals surface area (Å²) in [6, 6.07) is 8.53. The molecule has 0 aliphatic carbocycles. The van der Waals surface area contributed by atoms with Gasteiger partial charge in [0.2, 0.25) is 0 Å². The maximum Gasteiger partial charge on any atom is 0.260 e. The standard InChI is InChI=1S/C24H38N2O2.ClH/c1-20(2)21-10-12-23(13-11-21)28-19-24(27)26-17-8-5-9-22(26)14-18-25-15-6-3-4-7-16-25;/h10-13,20,22H,3-9,14-19H2,1-2H3;1H. The second-order valence-corrected chi connectivity index (χ2v) is 8.79. The number of rotatable bonds is 7. The number of nitrogens with zero attached hydrogens (tertiary/aromatic N) is 2. The van der Waals surface area contributed by atoms with E-state index < -0.39 is 0 Å². The van der Waals surface area contributed by atoms with Crippen LogP contribution in [0, 0.1) is 0 Å². The van der Waals surface area contributed by atoms with E-state index in [1.807, 2.05) is 12.1 Å². The molecule has 5 heteroatoms. The Morgan fingerprint density at radius 2 is 1.66 bits per heavy atom. The van der Waals surface area contributed by atoms with E-state index in [4.69, 9.17) is 4.74 Å². The van der Waals surface area contributed by atoms with Crippen molar-refractivity contribution in [2.24, 2.45) is 0 Å². The van der Waals surface area contributed by atoms with Crippen molar-refractivity contribution in [3.8, 4) is 5.75 Å². The Morgan fingerprint density at radius 1 is 1.00 bits per heavy atom. The minimum Gasteiger partial charge on any atom is -0.484 e. The van der Waals surface area contributed by atoms with Crippen LogP contribution in [0.3, 0.4) is 0 Å². The highest BCUT2D eigenvalue weighted by atomic mass is 35.5. The number of benzene rings is 1. The van der Waals surface area contributed by atoms with Crippen molar-refractivity contribution in [3.63, 3.8) is 0 Å². The van der Waals surface area contributed by atoms with Gasteiger partial charge in [0, 0.05) is 19.1 Å². The second-order valence-electron chi connectivity index (χ2n) is 8.79. The lowest BCUT2D eigenvalue weighted by atomic mass is 9.99. The van der Waals surface area contributed by atoms with Crippen LogP contribution in [0.15, 0.2) is 24.3 Å². The summed E-state index contributed by atoms with van der Waals surface area (Å²) in [6.07, 6.45) is 10.0. The monoisotopic (exact) mass is 422 g/mol. The molecule has 2 aliphatic rings. The quantitative estimate of drug-likeness (QED) is 0.600. The third-order valence-corrected chi connectivity index (χ3v) is 6.33. The number of carbonyl (C=O) groups is 1. The average molecular weight is 423 g/mol. The van der Waals surface area contributed by atoms with Crippen LogP contribution in [0.5, 0.6) is 5.75 Å². The normalized spacial score (nSPS) is 20.8. The molecule has 0 radical (unpaired) electrons. The molecule has 1 aromatic rings. The SMILES string of the molecule is CC(C)c1ccc(OCC(=O)N2CCCCC2CCN2CCCCCC2)cc1.Cl. The van der Waals surface area contributed by atoms with Gasteiger partial charge in [0.05, 0.1) is 0 Å². The van der Waals surface area contributed by atoms with Crippen molar-refractivity contribution >= 4 is 18.3 Å². The van der Waals surface area contributed by atoms with Gasteiger partial charge in [-0.15, -0.1) is 12.4 Å². The van der Waals surface area contributed by atoms with E-state index in [2.05, 4.69) is 35.8 Å². The van der Waals surface area contributed by atoms with Crippen LogP contribution >= 0.6 is 12.4 Å². The molecule has 2 fully saturated rings. The van der Waals surface area contributed by atoms with Crippen molar-refractivity contribution in [2.75, 3.05) is 32.8 Å². The average Bonchev–Trinajstić information content (AvgIpc) is 3.00. The fourth-order valence-corrected chi connectivity index (χ4v) is 4.50. The summed E-state index contributed by atoms with van der Waals surface area (Å²) in [5.41, 5.74) is 1.29. The molecule has 1 atom stereocenters. The van der Waals surface area contributed by atoms with Crippen LogP contribution in [0.4, 0.5) is 0 Å². The topological polar surface area (TPSA) is 32.8 Å². The van der Waals surface area contributed by atoms with Crippen LogP contribution in [0.1, 0.15) is 76.7 Å². The molecule has 29 heavy (non-hydrogen) atoms. The third kappa shape index (κ3) is 7.49. The number of likely N-dealkylation sites (tertiary alicyclic amines) is 2. The van der Waals surface area contributed by atoms with E-state index in [1.54, 1.807) is 0 Å². The van der Waals surface area contributed by atoms with Crippen molar-refractivity contribution in [2.45, 2.75) is 77.2 Å². The highest BCUT2D eigenvalue weighted by Gasteiger charge is 2.27. The van der Waals surface area contributed by atoms with E-state index in [-0.39, 0.29) is 24.9 Å². The lowest BCUT2D eigenvalue weighted by Crippen LogP contribution is -2.47. The molecular formula is C24H39ClN2O2. The number of hydrogen-bond donors (Lipinski definition) is 0. The second kappa shape index (κ2) is 12.4. The molecule has 2 aliphatic heterocycles. The van der Waals surface area contributed by atoms with Gasteiger partial charge in [-0.1, -0.05) is 38.8 Å². The van der Waals surface area contributed by atoms with E-state index in [9.17, 15) is 4.79 Å². The van der Waals surface area contributed by atoms with Crippen molar-refractivity contribution < 1.29 is 9.53 Å². The van der Waals surface area contributed by atoms with Crippen molar-refractivity contribution in [1.82, 2.24) is 9.80 Å². The Kier molecular flexibility index (Phi) is 10.3. The Hall–Kier alpha value is -1.26. The number of hydrogen-bond acceptors (Lipinski definition) is 3.